The highest BCUT2D eigenvalue weighted by atomic mass is 35.5. The first-order valence-electron chi connectivity index (χ1n) is 6.95. The van der Waals surface area contributed by atoms with Crippen molar-refractivity contribution in [2.75, 3.05) is 13.1 Å². The number of amides is 3. The Morgan fingerprint density at radius 1 is 1.29 bits per heavy atom. The summed E-state index contributed by atoms with van der Waals surface area (Å²) in [6.45, 7) is 3.19. The first-order chi connectivity index (χ1) is 10.1. The molecule has 0 bridgehead atoms. The van der Waals surface area contributed by atoms with Crippen LogP contribution in [0.25, 0.3) is 0 Å². The molecule has 2 heterocycles. The number of nitrogens with one attached hydrogen (secondary N) is 2. The number of nitrogens with zero attached hydrogens (tertiary/aromatic N) is 1. The van der Waals surface area contributed by atoms with Crippen molar-refractivity contribution >= 4 is 23.5 Å². The molecule has 3 amide bonds. The number of hydrogen-bond donors (Lipinski definition) is 2. The molecule has 1 atom stereocenters. The van der Waals surface area contributed by atoms with Gasteiger partial charge in [0.25, 0.3) is 5.91 Å². The fraction of sp³-hybridized carbons (Fsp3) is 0.333. The summed E-state index contributed by atoms with van der Waals surface area (Å²) in [5.74, 6) is -0.0145. The summed E-state index contributed by atoms with van der Waals surface area (Å²) in [4.78, 5) is 26.1. The first kappa shape index (κ1) is 13.9. The fourth-order valence-electron chi connectivity index (χ4n) is 2.78. The standard InChI is InChI=1S/C15H16ClN3O2/c1-2-7-19-8-11-12(14(19)20)13(18-15(21)17-11)9-3-5-10(16)6-4-9/h3-6,13H,2,7-8H2,1H3,(H2,17,18,21)/t13-/m1/s1. The Morgan fingerprint density at radius 3 is 2.67 bits per heavy atom. The maximum atomic E-state index is 12.5. The van der Waals surface area contributed by atoms with Crippen molar-refractivity contribution in [2.45, 2.75) is 19.4 Å². The number of benzene rings is 1. The van der Waals surface area contributed by atoms with Gasteiger partial charge in [-0.15, -0.1) is 0 Å². The van der Waals surface area contributed by atoms with Crippen LogP contribution < -0.4 is 10.6 Å². The van der Waals surface area contributed by atoms with Crippen LogP contribution in [0.4, 0.5) is 4.79 Å². The minimum atomic E-state index is -0.416. The van der Waals surface area contributed by atoms with Gasteiger partial charge in [-0.25, -0.2) is 4.79 Å². The molecule has 1 aromatic rings. The van der Waals surface area contributed by atoms with E-state index in [1.807, 2.05) is 19.1 Å². The van der Waals surface area contributed by atoms with E-state index < -0.39 is 6.04 Å². The third-order valence-electron chi connectivity index (χ3n) is 3.72. The van der Waals surface area contributed by atoms with Gasteiger partial charge in [0.05, 0.1) is 23.9 Å². The molecule has 21 heavy (non-hydrogen) atoms. The molecule has 0 saturated heterocycles. The van der Waals surface area contributed by atoms with Crippen LogP contribution in [-0.2, 0) is 4.79 Å². The second-order valence-corrected chi connectivity index (χ2v) is 5.64. The average molecular weight is 306 g/mol. The molecule has 0 radical (unpaired) electrons. The largest absolute Gasteiger partial charge is 0.333 e. The van der Waals surface area contributed by atoms with E-state index in [1.54, 1.807) is 17.0 Å². The van der Waals surface area contributed by atoms with E-state index in [0.29, 0.717) is 29.4 Å². The third-order valence-corrected chi connectivity index (χ3v) is 3.97. The van der Waals surface area contributed by atoms with Crippen LogP contribution in [0.5, 0.6) is 0 Å². The summed E-state index contributed by atoms with van der Waals surface area (Å²) in [5, 5.41) is 6.19. The van der Waals surface area contributed by atoms with E-state index >= 15 is 0 Å². The van der Waals surface area contributed by atoms with Crippen molar-refractivity contribution in [3.8, 4) is 0 Å². The molecule has 1 aromatic carbocycles. The predicted molar refractivity (Wildman–Crippen MR) is 79.8 cm³/mol. The van der Waals surface area contributed by atoms with Gasteiger partial charge >= 0.3 is 6.03 Å². The van der Waals surface area contributed by atoms with Crippen LogP contribution in [0, 0.1) is 0 Å². The fourth-order valence-corrected chi connectivity index (χ4v) is 2.91. The Bertz CT molecular complexity index is 624. The Hall–Kier alpha value is -2.01. The van der Waals surface area contributed by atoms with Gasteiger partial charge in [-0.2, -0.15) is 0 Å². The molecule has 0 fully saturated rings. The van der Waals surface area contributed by atoms with Crippen LogP contribution in [-0.4, -0.2) is 29.9 Å². The second kappa shape index (κ2) is 5.41. The average Bonchev–Trinajstić information content (AvgIpc) is 2.76. The Kier molecular flexibility index (Phi) is 3.59. The van der Waals surface area contributed by atoms with Crippen molar-refractivity contribution in [3.05, 3.63) is 46.1 Å². The minimum Gasteiger partial charge on any atom is -0.333 e. The molecule has 0 aromatic heterocycles. The molecule has 5 nitrogen and oxygen atoms in total. The molecule has 6 heteroatoms. The molecule has 2 aliphatic rings. The van der Waals surface area contributed by atoms with E-state index in [9.17, 15) is 9.59 Å². The molecular weight excluding hydrogens is 290 g/mol. The zero-order valence-electron chi connectivity index (χ0n) is 11.6. The maximum Gasteiger partial charge on any atom is 0.319 e. The number of carbonyl (C=O) groups excluding carboxylic acids is 2. The van der Waals surface area contributed by atoms with Crippen molar-refractivity contribution < 1.29 is 9.59 Å². The summed E-state index contributed by atoms with van der Waals surface area (Å²) in [5.41, 5.74) is 2.19. The lowest BCUT2D eigenvalue weighted by Crippen LogP contribution is -2.44. The summed E-state index contributed by atoms with van der Waals surface area (Å²) >= 11 is 5.90. The molecule has 110 valence electrons. The van der Waals surface area contributed by atoms with Gasteiger partial charge in [-0.3, -0.25) is 4.79 Å². The van der Waals surface area contributed by atoms with Gasteiger partial charge in [0.1, 0.15) is 0 Å². The zero-order valence-corrected chi connectivity index (χ0v) is 12.4. The number of rotatable bonds is 3. The summed E-state index contributed by atoms with van der Waals surface area (Å²) < 4.78 is 0. The van der Waals surface area contributed by atoms with Crippen LogP contribution in [0.1, 0.15) is 24.9 Å². The summed E-state index contributed by atoms with van der Waals surface area (Å²) in [6.07, 6.45) is 0.888. The summed E-state index contributed by atoms with van der Waals surface area (Å²) in [6, 6.07) is 6.49. The highest BCUT2D eigenvalue weighted by Gasteiger charge is 2.39. The van der Waals surface area contributed by atoms with Gasteiger partial charge in [0, 0.05) is 11.6 Å². The van der Waals surface area contributed by atoms with Gasteiger partial charge < -0.3 is 15.5 Å². The Morgan fingerprint density at radius 2 is 2.00 bits per heavy atom. The topological polar surface area (TPSA) is 61.4 Å². The van der Waals surface area contributed by atoms with Crippen molar-refractivity contribution in [1.29, 1.82) is 0 Å². The maximum absolute atomic E-state index is 12.5. The van der Waals surface area contributed by atoms with E-state index in [-0.39, 0.29) is 11.9 Å². The molecule has 0 saturated carbocycles. The van der Waals surface area contributed by atoms with Crippen molar-refractivity contribution in [2.24, 2.45) is 0 Å². The normalized spacial score (nSPS) is 21.2. The minimum absolute atomic E-state index is 0.0145. The van der Waals surface area contributed by atoms with Gasteiger partial charge in [0.2, 0.25) is 0 Å². The Balaban J connectivity index is 1.96. The molecule has 2 N–H and O–H groups in total. The lowest BCUT2D eigenvalue weighted by molar-refractivity contribution is -0.125. The lowest BCUT2D eigenvalue weighted by atomic mass is 9.96. The number of carbonyl (C=O) groups is 2. The second-order valence-electron chi connectivity index (χ2n) is 5.20. The predicted octanol–water partition coefficient (Wildman–Crippen LogP) is 2.20. The van der Waals surface area contributed by atoms with Crippen LogP contribution in [0.3, 0.4) is 0 Å². The van der Waals surface area contributed by atoms with E-state index in [2.05, 4.69) is 10.6 Å². The van der Waals surface area contributed by atoms with Crippen LogP contribution >= 0.6 is 11.6 Å². The van der Waals surface area contributed by atoms with Crippen LogP contribution in [0.15, 0.2) is 35.5 Å². The molecule has 2 aliphatic heterocycles. The van der Waals surface area contributed by atoms with Gasteiger partial charge in [0.15, 0.2) is 0 Å². The summed E-state index contributed by atoms with van der Waals surface area (Å²) in [7, 11) is 0. The van der Waals surface area contributed by atoms with Crippen molar-refractivity contribution in [3.63, 3.8) is 0 Å². The first-order valence-corrected chi connectivity index (χ1v) is 7.33. The van der Waals surface area contributed by atoms with Gasteiger partial charge in [-0.05, 0) is 24.1 Å². The molecular formula is C15H16ClN3O2. The lowest BCUT2D eigenvalue weighted by Gasteiger charge is -2.25. The van der Waals surface area contributed by atoms with Crippen molar-refractivity contribution in [1.82, 2.24) is 15.5 Å². The Labute approximate surface area is 128 Å². The monoisotopic (exact) mass is 305 g/mol. The van der Waals surface area contributed by atoms with E-state index in [4.69, 9.17) is 11.6 Å². The highest BCUT2D eigenvalue weighted by molar-refractivity contribution is 6.30. The smallest absolute Gasteiger partial charge is 0.319 e. The third kappa shape index (κ3) is 2.49. The molecule has 0 unspecified atom stereocenters. The van der Waals surface area contributed by atoms with Crippen LogP contribution in [0.2, 0.25) is 5.02 Å². The molecule has 0 aliphatic carbocycles. The van der Waals surface area contributed by atoms with Gasteiger partial charge in [-0.1, -0.05) is 30.7 Å². The molecule has 0 spiro atoms. The zero-order chi connectivity index (χ0) is 15.0. The number of halogens is 1. The van der Waals surface area contributed by atoms with E-state index in [1.165, 1.54) is 0 Å². The number of hydrogen-bond acceptors (Lipinski definition) is 2. The quantitative estimate of drug-likeness (QED) is 0.899. The van der Waals surface area contributed by atoms with E-state index in [0.717, 1.165) is 12.0 Å². The number of urea groups is 1. The highest BCUT2D eigenvalue weighted by Crippen LogP contribution is 2.32. The SMILES string of the molecule is CCCN1CC2=C(C1=O)[C@@H](c1ccc(Cl)cc1)NC(=O)N2. The molecule has 3 rings (SSSR count).